The van der Waals surface area contributed by atoms with Crippen LogP contribution in [-0.2, 0) is 0 Å². The summed E-state index contributed by atoms with van der Waals surface area (Å²) in [6.07, 6.45) is 2.66. The molecule has 1 aromatic heterocycles. The van der Waals surface area contributed by atoms with Gasteiger partial charge in [0.15, 0.2) is 5.69 Å². The molecule has 2 aromatic rings. The van der Waals surface area contributed by atoms with Gasteiger partial charge in [-0.3, -0.25) is 4.98 Å². The minimum Gasteiger partial charge on any atom is -0.508 e. The number of phenolic OH excluding ortho intramolecular Hbond substituents is 1. The molecular weight excluding hydrogens is 208 g/mol. The second kappa shape index (κ2) is 3.98. The van der Waals surface area contributed by atoms with Crippen molar-refractivity contribution >= 4 is 5.97 Å². The Labute approximate surface area is 91.0 Å². The molecule has 0 spiro atoms. The molecule has 1 heterocycles. The van der Waals surface area contributed by atoms with Crippen molar-refractivity contribution in [2.75, 3.05) is 0 Å². The van der Waals surface area contributed by atoms with Crippen LogP contribution in [0.15, 0.2) is 36.7 Å². The van der Waals surface area contributed by atoms with Crippen LogP contribution in [-0.4, -0.2) is 26.2 Å². The van der Waals surface area contributed by atoms with E-state index in [9.17, 15) is 4.79 Å². The number of nitrogens with zero attached hydrogens (tertiary/aromatic N) is 2. The Kier molecular flexibility index (Phi) is 2.51. The Morgan fingerprint density at radius 1 is 1.12 bits per heavy atom. The molecule has 0 aliphatic rings. The molecule has 0 amide bonds. The predicted molar refractivity (Wildman–Crippen MR) is 56.1 cm³/mol. The number of carboxylic acid groups (broad SMARTS) is 1. The normalized spacial score (nSPS) is 10.0. The molecule has 1 aromatic carbocycles. The number of carbonyl (C=O) groups is 1. The van der Waals surface area contributed by atoms with E-state index >= 15 is 0 Å². The molecule has 0 radical (unpaired) electrons. The summed E-state index contributed by atoms with van der Waals surface area (Å²) < 4.78 is 0. The SMILES string of the molecule is O=C(O)c1cncc(-c2ccc(O)cc2)n1. The maximum atomic E-state index is 10.7. The molecule has 0 fully saturated rings. The minimum atomic E-state index is -1.12. The van der Waals surface area contributed by atoms with Gasteiger partial charge in [-0.15, -0.1) is 0 Å². The number of aromatic nitrogens is 2. The molecule has 0 aliphatic carbocycles. The van der Waals surface area contributed by atoms with E-state index in [0.717, 1.165) is 0 Å². The average Bonchev–Trinajstić information content (AvgIpc) is 2.30. The molecule has 5 nitrogen and oxygen atoms in total. The van der Waals surface area contributed by atoms with Crippen molar-refractivity contribution in [2.24, 2.45) is 0 Å². The summed E-state index contributed by atoms with van der Waals surface area (Å²) in [6.45, 7) is 0. The highest BCUT2D eigenvalue weighted by molar-refractivity contribution is 5.85. The summed E-state index contributed by atoms with van der Waals surface area (Å²) in [5, 5.41) is 17.9. The number of hydrogen-bond acceptors (Lipinski definition) is 4. The molecule has 0 aliphatic heterocycles. The second-order valence-electron chi connectivity index (χ2n) is 3.14. The Morgan fingerprint density at radius 3 is 2.44 bits per heavy atom. The van der Waals surface area contributed by atoms with Crippen molar-refractivity contribution in [1.82, 2.24) is 9.97 Å². The zero-order valence-corrected chi connectivity index (χ0v) is 8.16. The summed E-state index contributed by atoms with van der Waals surface area (Å²) in [4.78, 5) is 18.4. The van der Waals surface area contributed by atoms with Crippen molar-refractivity contribution in [2.45, 2.75) is 0 Å². The number of carboxylic acids is 1. The van der Waals surface area contributed by atoms with Gasteiger partial charge in [-0.05, 0) is 24.3 Å². The summed E-state index contributed by atoms with van der Waals surface area (Å²) in [5.41, 5.74) is 1.05. The molecule has 0 saturated carbocycles. The van der Waals surface area contributed by atoms with Crippen molar-refractivity contribution in [3.05, 3.63) is 42.4 Å². The van der Waals surface area contributed by atoms with Crippen LogP contribution in [0.2, 0.25) is 0 Å². The highest BCUT2D eigenvalue weighted by Gasteiger charge is 2.07. The molecule has 0 atom stereocenters. The Bertz CT molecular complexity index is 523. The predicted octanol–water partition coefficient (Wildman–Crippen LogP) is 1.55. The summed E-state index contributed by atoms with van der Waals surface area (Å²) >= 11 is 0. The first kappa shape index (κ1) is 10.1. The van der Waals surface area contributed by atoms with Gasteiger partial charge in [0.2, 0.25) is 0 Å². The number of benzene rings is 1. The summed E-state index contributed by atoms with van der Waals surface area (Å²) in [6, 6.07) is 6.30. The lowest BCUT2D eigenvalue weighted by Gasteiger charge is -2.01. The molecule has 0 unspecified atom stereocenters. The first-order chi connectivity index (χ1) is 7.66. The van der Waals surface area contributed by atoms with Crippen LogP contribution in [0.25, 0.3) is 11.3 Å². The lowest BCUT2D eigenvalue weighted by Crippen LogP contribution is -2.01. The topological polar surface area (TPSA) is 83.3 Å². The fraction of sp³-hybridized carbons (Fsp3) is 0. The maximum absolute atomic E-state index is 10.7. The van der Waals surface area contributed by atoms with Crippen LogP contribution >= 0.6 is 0 Å². The monoisotopic (exact) mass is 216 g/mol. The third kappa shape index (κ3) is 1.98. The number of rotatable bonds is 2. The minimum absolute atomic E-state index is 0.106. The number of hydrogen-bond donors (Lipinski definition) is 2. The van der Waals surface area contributed by atoms with E-state index in [-0.39, 0.29) is 11.4 Å². The smallest absolute Gasteiger partial charge is 0.356 e. The van der Waals surface area contributed by atoms with E-state index in [1.54, 1.807) is 12.1 Å². The largest absolute Gasteiger partial charge is 0.508 e. The average molecular weight is 216 g/mol. The first-order valence-electron chi connectivity index (χ1n) is 4.51. The fourth-order valence-electron chi connectivity index (χ4n) is 1.24. The molecule has 5 heteroatoms. The van der Waals surface area contributed by atoms with Gasteiger partial charge >= 0.3 is 5.97 Å². The van der Waals surface area contributed by atoms with Gasteiger partial charge in [0.1, 0.15) is 5.75 Å². The van der Waals surface area contributed by atoms with Gasteiger partial charge in [0, 0.05) is 5.56 Å². The van der Waals surface area contributed by atoms with Gasteiger partial charge in [-0.25, -0.2) is 9.78 Å². The Hall–Kier alpha value is -2.43. The van der Waals surface area contributed by atoms with Crippen LogP contribution in [0, 0.1) is 0 Å². The zero-order chi connectivity index (χ0) is 11.5. The van der Waals surface area contributed by atoms with E-state index in [1.807, 2.05) is 0 Å². The van der Waals surface area contributed by atoms with Crippen LogP contribution < -0.4 is 0 Å². The lowest BCUT2D eigenvalue weighted by atomic mass is 10.1. The van der Waals surface area contributed by atoms with E-state index < -0.39 is 5.97 Å². The van der Waals surface area contributed by atoms with Crippen LogP contribution in [0.4, 0.5) is 0 Å². The highest BCUT2D eigenvalue weighted by Crippen LogP contribution is 2.19. The number of phenols is 1. The number of aromatic carboxylic acids is 1. The van der Waals surface area contributed by atoms with Gasteiger partial charge < -0.3 is 10.2 Å². The molecule has 80 valence electrons. The fourth-order valence-corrected chi connectivity index (χ4v) is 1.24. The summed E-state index contributed by atoms with van der Waals surface area (Å²) in [5.74, 6) is -0.973. The third-order valence-corrected chi connectivity index (χ3v) is 2.02. The van der Waals surface area contributed by atoms with E-state index in [4.69, 9.17) is 10.2 Å². The van der Waals surface area contributed by atoms with Crippen molar-refractivity contribution in [3.8, 4) is 17.0 Å². The van der Waals surface area contributed by atoms with Crippen LogP contribution in [0.3, 0.4) is 0 Å². The standard InChI is InChI=1S/C11H8N2O3/c14-8-3-1-7(2-4-8)9-5-12-6-10(13-9)11(15)16/h1-6,14H,(H,15,16). The van der Waals surface area contributed by atoms with Crippen molar-refractivity contribution in [3.63, 3.8) is 0 Å². The molecule has 16 heavy (non-hydrogen) atoms. The quantitative estimate of drug-likeness (QED) is 0.795. The third-order valence-electron chi connectivity index (χ3n) is 2.02. The molecular formula is C11H8N2O3. The molecule has 2 rings (SSSR count). The number of aromatic hydroxyl groups is 1. The Morgan fingerprint density at radius 2 is 1.81 bits per heavy atom. The summed E-state index contributed by atoms with van der Waals surface area (Å²) in [7, 11) is 0. The maximum Gasteiger partial charge on any atom is 0.356 e. The zero-order valence-electron chi connectivity index (χ0n) is 8.16. The van der Waals surface area contributed by atoms with Crippen molar-refractivity contribution < 1.29 is 15.0 Å². The van der Waals surface area contributed by atoms with E-state index in [2.05, 4.69) is 9.97 Å². The van der Waals surface area contributed by atoms with Gasteiger partial charge in [-0.2, -0.15) is 0 Å². The highest BCUT2D eigenvalue weighted by atomic mass is 16.4. The molecule has 0 saturated heterocycles. The van der Waals surface area contributed by atoms with Gasteiger partial charge in [0.25, 0.3) is 0 Å². The van der Waals surface area contributed by atoms with E-state index in [0.29, 0.717) is 11.3 Å². The first-order valence-corrected chi connectivity index (χ1v) is 4.51. The van der Waals surface area contributed by atoms with Crippen LogP contribution in [0.1, 0.15) is 10.5 Å². The van der Waals surface area contributed by atoms with Gasteiger partial charge in [0.05, 0.1) is 18.1 Å². The van der Waals surface area contributed by atoms with Crippen LogP contribution in [0.5, 0.6) is 5.75 Å². The van der Waals surface area contributed by atoms with Gasteiger partial charge in [-0.1, -0.05) is 0 Å². The van der Waals surface area contributed by atoms with E-state index in [1.165, 1.54) is 24.5 Å². The molecule has 2 N–H and O–H groups in total. The van der Waals surface area contributed by atoms with Crippen molar-refractivity contribution in [1.29, 1.82) is 0 Å². The Balaban J connectivity index is 2.44. The second-order valence-corrected chi connectivity index (χ2v) is 3.14. The molecule has 0 bridgehead atoms. The lowest BCUT2D eigenvalue weighted by molar-refractivity contribution is 0.0690.